The van der Waals surface area contributed by atoms with Gasteiger partial charge in [-0.2, -0.15) is 11.8 Å². The third-order valence-corrected chi connectivity index (χ3v) is 4.39. The molecule has 0 saturated heterocycles. The van der Waals surface area contributed by atoms with Gasteiger partial charge in [0.1, 0.15) is 0 Å². The molecule has 4 heteroatoms. The zero-order valence-electron chi connectivity index (χ0n) is 10.3. The Balaban J connectivity index is 2.01. The van der Waals surface area contributed by atoms with E-state index in [0.29, 0.717) is 6.42 Å². The van der Waals surface area contributed by atoms with Gasteiger partial charge < -0.3 is 9.47 Å². The summed E-state index contributed by atoms with van der Waals surface area (Å²) in [6.07, 6.45) is 5.31. The summed E-state index contributed by atoms with van der Waals surface area (Å²) in [7, 11) is 3.21. The topological polar surface area (TPSA) is 35.5 Å². The van der Waals surface area contributed by atoms with Crippen LogP contribution in [-0.4, -0.2) is 38.3 Å². The number of methoxy groups -OCH3 is 2. The Hall–Kier alpha value is -0.220. The van der Waals surface area contributed by atoms with Crippen LogP contribution in [0.4, 0.5) is 0 Å². The minimum Gasteiger partial charge on any atom is -0.469 e. The molecule has 1 rings (SSSR count). The molecule has 0 radical (unpaired) electrons. The Morgan fingerprint density at radius 3 is 2.62 bits per heavy atom. The maximum absolute atomic E-state index is 11.2. The van der Waals surface area contributed by atoms with Crippen LogP contribution in [0, 0.1) is 5.41 Å². The molecule has 0 aromatic carbocycles. The van der Waals surface area contributed by atoms with Crippen molar-refractivity contribution in [1.82, 2.24) is 0 Å². The fraction of sp³-hybridized carbons (Fsp3) is 0.917. The summed E-state index contributed by atoms with van der Waals surface area (Å²) in [5.41, 5.74) is 0.277. The second-order valence-electron chi connectivity index (χ2n) is 4.51. The van der Waals surface area contributed by atoms with Gasteiger partial charge in [-0.1, -0.05) is 0 Å². The lowest BCUT2D eigenvalue weighted by atomic mass is 10.1. The minimum absolute atomic E-state index is 0.0579. The zero-order valence-corrected chi connectivity index (χ0v) is 11.1. The summed E-state index contributed by atoms with van der Waals surface area (Å²) in [5, 5.41) is 0. The Bertz CT molecular complexity index is 214. The number of carbonyl (C=O) groups is 1. The first-order chi connectivity index (χ1) is 7.72. The smallest absolute Gasteiger partial charge is 0.306 e. The third-order valence-electron chi connectivity index (χ3n) is 3.00. The molecule has 0 aromatic rings. The van der Waals surface area contributed by atoms with Gasteiger partial charge in [-0.25, -0.2) is 0 Å². The van der Waals surface area contributed by atoms with E-state index in [1.807, 2.05) is 11.8 Å². The molecule has 94 valence electrons. The first kappa shape index (κ1) is 13.8. The second-order valence-corrected chi connectivity index (χ2v) is 5.61. The van der Waals surface area contributed by atoms with Crippen molar-refractivity contribution in [2.75, 3.05) is 32.3 Å². The number of carbonyl (C=O) groups excluding carboxylic acids is 1. The first-order valence-electron chi connectivity index (χ1n) is 5.86. The standard InChI is InChI=1S/C12H22O3S/c1-14-7-3-4-8-16-10-12(5-6-12)9-11(13)15-2/h3-10H2,1-2H3. The predicted molar refractivity (Wildman–Crippen MR) is 66.7 cm³/mol. The third kappa shape index (κ3) is 5.21. The van der Waals surface area contributed by atoms with Crippen LogP contribution in [0.15, 0.2) is 0 Å². The molecule has 3 nitrogen and oxygen atoms in total. The summed E-state index contributed by atoms with van der Waals surface area (Å²) in [6.45, 7) is 0.855. The molecule has 1 saturated carbocycles. The van der Waals surface area contributed by atoms with Crippen LogP contribution < -0.4 is 0 Å². The zero-order chi connectivity index (χ0) is 11.9. The molecule has 0 spiro atoms. The molecule has 0 amide bonds. The summed E-state index contributed by atoms with van der Waals surface area (Å²) in [4.78, 5) is 11.2. The van der Waals surface area contributed by atoms with Crippen molar-refractivity contribution < 1.29 is 14.3 Å². The lowest BCUT2D eigenvalue weighted by Gasteiger charge is -2.12. The first-order valence-corrected chi connectivity index (χ1v) is 7.01. The van der Waals surface area contributed by atoms with Gasteiger partial charge in [-0.3, -0.25) is 4.79 Å². The predicted octanol–water partition coefficient (Wildman–Crippen LogP) is 2.49. The number of esters is 1. The van der Waals surface area contributed by atoms with Crippen molar-refractivity contribution in [2.24, 2.45) is 5.41 Å². The van der Waals surface area contributed by atoms with Crippen molar-refractivity contribution in [3.05, 3.63) is 0 Å². The minimum atomic E-state index is -0.0579. The quantitative estimate of drug-likeness (QED) is 0.462. The second kappa shape index (κ2) is 7.17. The lowest BCUT2D eigenvalue weighted by molar-refractivity contribution is -0.141. The monoisotopic (exact) mass is 246 g/mol. The number of ether oxygens (including phenoxy) is 2. The average molecular weight is 246 g/mol. The van der Waals surface area contributed by atoms with Gasteiger partial charge in [0.05, 0.1) is 13.5 Å². The van der Waals surface area contributed by atoms with Gasteiger partial charge >= 0.3 is 5.97 Å². The molecular weight excluding hydrogens is 224 g/mol. The van der Waals surface area contributed by atoms with E-state index >= 15 is 0 Å². The SMILES string of the molecule is COCCCCSCC1(CC(=O)OC)CC1. The van der Waals surface area contributed by atoms with E-state index in [4.69, 9.17) is 9.47 Å². The van der Waals surface area contributed by atoms with Crippen LogP contribution in [0.3, 0.4) is 0 Å². The van der Waals surface area contributed by atoms with Crippen molar-refractivity contribution in [3.8, 4) is 0 Å². The Kier molecular flexibility index (Phi) is 6.21. The van der Waals surface area contributed by atoms with Gasteiger partial charge in [0.25, 0.3) is 0 Å². The Labute approximate surface area is 102 Å². The fourth-order valence-corrected chi connectivity index (χ4v) is 3.04. The number of hydrogen-bond acceptors (Lipinski definition) is 4. The molecule has 1 aliphatic carbocycles. The van der Waals surface area contributed by atoms with E-state index in [-0.39, 0.29) is 11.4 Å². The van der Waals surface area contributed by atoms with E-state index in [1.54, 1.807) is 7.11 Å². The van der Waals surface area contributed by atoms with Crippen molar-refractivity contribution in [2.45, 2.75) is 32.1 Å². The highest BCUT2D eigenvalue weighted by molar-refractivity contribution is 7.99. The largest absolute Gasteiger partial charge is 0.469 e. The maximum Gasteiger partial charge on any atom is 0.306 e. The Morgan fingerprint density at radius 2 is 2.06 bits per heavy atom. The van der Waals surface area contributed by atoms with E-state index in [1.165, 1.54) is 32.1 Å². The number of unbranched alkanes of at least 4 members (excludes halogenated alkanes) is 1. The Morgan fingerprint density at radius 1 is 1.31 bits per heavy atom. The van der Waals surface area contributed by atoms with Crippen LogP contribution >= 0.6 is 11.8 Å². The molecule has 0 N–H and O–H groups in total. The fourth-order valence-electron chi connectivity index (χ4n) is 1.67. The maximum atomic E-state index is 11.2. The highest BCUT2D eigenvalue weighted by atomic mass is 32.2. The van der Waals surface area contributed by atoms with Crippen molar-refractivity contribution >= 4 is 17.7 Å². The van der Waals surface area contributed by atoms with E-state index < -0.39 is 0 Å². The number of hydrogen-bond donors (Lipinski definition) is 0. The molecule has 0 aliphatic heterocycles. The van der Waals surface area contributed by atoms with E-state index in [0.717, 1.165) is 18.8 Å². The van der Waals surface area contributed by atoms with Gasteiger partial charge in [0.2, 0.25) is 0 Å². The van der Waals surface area contributed by atoms with Gasteiger partial charge in [0, 0.05) is 13.7 Å². The number of thioether (sulfide) groups is 1. The van der Waals surface area contributed by atoms with E-state index in [2.05, 4.69) is 0 Å². The summed E-state index contributed by atoms with van der Waals surface area (Å²) in [6, 6.07) is 0. The summed E-state index contributed by atoms with van der Waals surface area (Å²) >= 11 is 1.96. The molecule has 0 aromatic heterocycles. The molecule has 0 atom stereocenters. The van der Waals surface area contributed by atoms with Crippen molar-refractivity contribution in [3.63, 3.8) is 0 Å². The van der Waals surface area contributed by atoms with Gasteiger partial charge in [-0.15, -0.1) is 0 Å². The molecule has 16 heavy (non-hydrogen) atoms. The highest BCUT2D eigenvalue weighted by Gasteiger charge is 2.44. The molecule has 0 heterocycles. The van der Waals surface area contributed by atoms with Crippen LogP contribution in [0.5, 0.6) is 0 Å². The average Bonchev–Trinajstić information content (AvgIpc) is 3.03. The molecular formula is C12H22O3S. The molecule has 1 aliphatic rings. The van der Waals surface area contributed by atoms with Crippen LogP contribution in [0.1, 0.15) is 32.1 Å². The normalized spacial score (nSPS) is 17.1. The van der Waals surface area contributed by atoms with Crippen LogP contribution in [-0.2, 0) is 14.3 Å². The molecule has 0 bridgehead atoms. The van der Waals surface area contributed by atoms with Gasteiger partial charge in [0.15, 0.2) is 0 Å². The summed E-state index contributed by atoms with van der Waals surface area (Å²) < 4.78 is 9.72. The van der Waals surface area contributed by atoms with Gasteiger partial charge in [-0.05, 0) is 42.6 Å². The van der Waals surface area contributed by atoms with Crippen molar-refractivity contribution in [1.29, 1.82) is 0 Å². The highest BCUT2D eigenvalue weighted by Crippen LogP contribution is 2.51. The van der Waals surface area contributed by atoms with E-state index in [9.17, 15) is 4.79 Å². The molecule has 1 fully saturated rings. The van der Waals surface area contributed by atoms with Crippen LogP contribution in [0.2, 0.25) is 0 Å². The lowest BCUT2D eigenvalue weighted by Crippen LogP contribution is -2.13. The number of rotatable bonds is 9. The van der Waals surface area contributed by atoms with Crippen LogP contribution in [0.25, 0.3) is 0 Å². The molecule has 0 unspecified atom stereocenters. The summed E-state index contributed by atoms with van der Waals surface area (Å²) in [5.74, 6) is 2.22.